The molecule has 2 aromatic carbocycles. The van der Waals surface area contributed by atoms with Crippen LogP contribution in [0.3, 0.4) is 0 Å². The Balaban J connectivity index is 2.02. The molecule has 0 atom stereocenters. The van der Waals surface area contributed by atoms with Crippen molar-refractivity contribution >= 4 is 46.4 Å². The summed E-state index contributed by atoms with van der Waals surface area (Å²) in [5.74, 6) is -1.81. The van der Waals surface area contributed by atoms with Gasteiger partial charge in [-0.3, -0.25) is 9.59 Å². The summed E-state index contributed by atoms with van der Waals surface area (Å²) in [7, 11) is 0. The van der Waals surface area contributed by atoms with E-state index in [0.717, 1.165) is 11.1 Å². The number of nitrogens with zero attached hydrogens (tertiary/aromatic N) is 2. The maximum atomic E-state index is 12.0. The summed E-state index contributed by atoms with van der Waals surface area (Å²) >= 11 is 11.7. The second-order valence-electron chi connectivity index (χ2n) is 5.72. The highest BCUT2D eigenvalue weighted by Crippen LogP contribution is 2.12. The third-order valence-corrected chi connectivity index (χ3v) is 4.32. The normalized spacial score (nSPS) is 11.9. The first-order chi connectivity index (χ1) is 13.4. The van der Waals surface area contributed by atoms with Crippen molar-refractivity contribution in [3.05, 3.63) is 69.7 Å². The van der Waals surface area contributed by atoms with Crippen molar-refractivity contribution in [3.63, 3.8) is 0 Å². The van der Waals surface area contributed by atoms with E-state index in [2.05, 4.69) is 21.1 Å². The molecule has 0 unspecified atom stereocenters. The van der Waals surface area contributed by atoms with Gasteiger partial charge in [-0.25, -0.2) is 10.9 Å². The molecule has 2 amide bonds. The molecule has 0 aromatic heterocycles. The number of hydrazone groups is 2. The molecule has 0 saturated heterocycles. The fraction of sp³-hybridized carbons (Fsp3) is 0.200. The van der Waals surface area contributed by atoms with E-state index in [1.165, 1.54) is 0 Å². The molecule has 0 fully saturated rings. The van der Waals surface area contributed by atoms with Gasteiger partial charge in [-0.2, -0.15) is 10.2 Å². The summed E-state index contributed by atoms with van der Waals surface area (Å²) in [6, 6.07) is 14.1. The topological polar surface area (TPSA) is 82.9 Å². The van der Waals surface area contributed by atoms with Crippen LogP contribution in [0.1, 0.15) is 37.8 Å². The highest BCUT2D eigenvalue weighted by Gasteiger charge is 2.13. The van der Waals surface area contributed by atoms with Gasteiger partial charge in [0.15, 0.2) is 0 Å². The molecule has 6 nitrogen and oxygen atoms in total. The Labute approximate surface area is 173 Å². The van der Waals surface area contributed by atoms with Gasteiger partial charge in [0.2, 0.25) is 0 Å². The van der Waals surface area contributed by atoms with Gasteiger partial charge in [0.25, 0.3) is 0 Å². The molecule has 0 aliphatic carbocycles. The fourth-order valence-corrected chi connectivity index (χ4v) is 2.57. The fourth-order valence-electron chi connectivity index (χ4n) is 2.32. The van der Waals surface area contributed by atoms with Crippen LogP contribution in [0.2, 0.25) is 10.0 Å². The van der Waals surface area contributed by atoms with E-state index < -0.39 is 11.8 Å². The highest BCUT2D eigenvalue weighted by atomic mass is 35.5. The van der Waals surface area contributed by atoms with E-state index in [-0.39, 0.29) is 0 Å². The van der Waals surface area contributed by atoms with Crippen LogP contribution in [0, 0.1) is 0 Å². The SMILES string of the molecule is CC/C(=N\NC(=O)C(=O)N/N=C(\CC)c1ccc(Cl)cc1)c1ccc(Cl)cc1. The minimum Gasteiger partial charge on any atom is -0.262 e. The molecule has 2 rings (SSSR count). The van der Waals surface area contributed by atoms with E-state index in [9.17, 15) is 9.59 Å². The Morgan fingerprint density at radius 2 is 1.04 bits per heavy atom. The number of nitrogens with one attached hydrogen (secondary N) is 2. The number of carbonyl (C=O) groups excluding carboxylic acids is 2. The molecule has 0 aliphatic heterocycles. The van der Waals surface area contributed by atoms with E-state index in [1.54, 1.807) is 48.5 Å². The van der Waals surface area contributed by atoms with Crippen LogP contribution in [-0.4, -0.2) is 23.2 Å². The minimum absolute atomic E-state index is 0.568. The second kappa shape index (κ2) is 10.6. The predicted molar refractivity (Wildman–Crippen MR) is 113 cm³/mol. The molecule has 28 heavy (non-hydrogen) atoms. The first-order valence-electron chi connectivity index (χ1n) is 8.69. The molecular formula is C20H20Cl2N4O2. The molecule has 2 N–H and O–H groups in total. The zero-order chi connectivity index (χ0) is 20.5. The van der Waals surface area contributed by atoms with Crippen LogP contribution in [0.5, 0.6) is 0 Å². The minimum atomic E-state index is -0.907. The van der Waals surface area contributed by atoms with Crippen LogP contribution in [0.15, 0.2) is 58.7 Å². The summed E-state index contributed by atoms with van der Waals surface area (Å²) in [6.07, 6.45) is 1.14. The molecule has 0 spiro atoms. The van der Waals surface area contributed by atoms with Crippen molar-refractivity contribution < 1.29 is 9.59 Å². The van der Waals surface area contributed by atoms with Crippen molar-refractivity contribution in [1.82, 2.24) is 10.9 Å². The van der Waals surface area contributed by atoms with Gasteiger partial charge in [-0.05, 0) is 48.2 Å². The number of amides is 2. The summed E-state index contributed by atoms with van der Waals surface area (Å²) < 4.78 is 0. The van der Waals surface area contributed by atoms with Crippen molar-refractivity contribution in [2.24, 2.45) is 10.2 Å². The van der Waals surface area contributed by atoms with E-state index in [0.29, 0.717) is 34.3 Å². The third-order valence-electron chi connectivity index (χ3n) is 3.82. The van der Waals surface area contributed by atoms with Gasteiger partial charge in [0.05, 0.1) is 11.4 Å². The first-order valence-corrected chi connectivity index (χ1v) is 9.45. The van der Waals surface area contributed by atoms with Gasteiger partial charge in [-0.15, -0.1) is 0 Å². The van der Waals surface area contributed by atoms with Gasteiger partial charge >= 0.3 is 11.8 Å². The van der Waals surface area contributed by atoms with Crippen LogP contribution in [0.25, 0.3) is 0 Å². The Kier molecular flexibility index (Phi) is 8.17. The van der Waals surface area contributed by atoms with Crippen LogP contribution < -0.4 is 10.9 Å². The van der Waals surface area contributed by atoms with E-state index in [4.69, 9.17) is 23.2 Å². The standard InChI is InChI=1S/C20H20Cl2N4O2/c1-3-17(13-5-9-15(21)10-6-13)23-25-19(27)20(28)26-24-18(4-2)14-7-11-16(22)12-8-14/h5-12H,3-4H2,1-2H3,(H,25,27)(H,26,28)/b23-17+,24-18+. The molecule has 0 heterocycles. The van der Waals surface area contributed by atoms with Crippen molar-refractivity contribution in [2.75, 3.05) is 0 Å². The number of benzene rings is 2. The lowest BCUT2D eigenvalue weighted by atomic mass is 10.1. The average molecular weight is 419 g/mol. The summed E-state index contributed by atoms with van der Waals surface area (Å²) in [5, 5.41) is 9.27. The zero-order valence-corrected chi connectivity index (χ0v) is 17.0. The Bertz CT molecular complexity index is 816. The Hall–Kier alpha value is -2.70. The molecule has 146 valence electrons. The lowest BCUT2D eigenvalue weighted by molar-refractivity contribution is -0.139. The number of rotatable bonds is 6. The van der Waals surface area contributed by atoms with Crippen molar-refractivity contribution in [1.29, 1.82) is 0 Å². The van der Waals surface area contributed by atoms with Crippen LogP contribution in [0.4, 0.5) is 0 Å². The number of carbonyl (C=O) groups is 2. The van der Waals surface area contributed by atoms with Crippen molar-refractivity contribution in [3.8, 4) is 0 Å². The number of hydrogen-bond acceptors (Lipinski definition) is 4. The quantitative estimate of drug-likeness (QED) is 0.419. The van der Waals surface area contributed by atoms with Gasteiger partial charge in [0.1, 0.15) is 0 Å². The molecular weight excluding hydrogens is 399 g/mol. The largest absolute Gasteiger partial charge is 0.331 e. The molecule has 0 bridgehead atoms. The van der Waals surface area contributed by atoms with Gasteiger partial charge < -0.3 is 0 Å². The lowest BCUT2D eigenvalue weighted by Gasteiger charge is -2.06. The average Bonchev–Trinajstić information content (AvgIpc) is 2.71. The first kappa shape index (κ1) is 21.6. The number of halogens is 2. The molecule has 2 aromatic rings. The maximum absolute atomic E-state index is 12.0. The van der Waals surface area contributed by atoms with Crippen LogP contribution in [-0.2, 0) is 9.59 Å². The molecule has 0 radical (unpaired) electrons. The summed E-state index contributed by atoms with van der Waals surface area (Å²) in [4.78, 5) is 24.0. The van der Waals surface area contributed by atoms with Gasteiger partial charge in [0, 0.05) is 10.0 Å². The van der Waals surface area contributed by atoms with Crippen LogP contribution >= 0.6 is 23.2 Å². The van der Waals surface area contributed by atoms with E-state index in [1.807, 2.05) is 13.8 Å². The predicted octanol–water partition coefficient (Wildman–Crippen LogP) is 4.15. The van der Waals surface area contributed by atoms with Gasteiger partial charge in [-0.1, -0.05) is 61.3 Å². The third kappa shape index (κ3) is 6.18. The monoisotopic (exact) mass is 418 g/mol. The highest BCUT2D eigenvalue weighted by molar-refractivity contribution is 6.35. The summed E-state index contributed by atoms with van der Waals surface area (Å²) in [6.45, 7) is 3.78. The second-order valence-corrected chi connectivity index (χ2v) is 6.59. The molecule has 8 heteroatoms. The smallest absolute Gasteiger partial charge is 0.262 e. The van der Waals surface area contributed by atoms with Crippen molar-refractivity contribution in [2.45, 2.75) is 26.7 Å². The van der Waals surface area contributed by atoms with E-state index >= 15 is 0 Å². The number of hydrogen-bond donors (Lipinski definition) is 2. The maximum Gasteiger partial charge on any atom is 0.331 e. The molecule has 0 saturated carbocycles. The Morgan fingerprint density at radius 1 is 0.714 bits per heavy atom. The zero-order valence-electron chi connectivity index (χ0n) is 15.5. The summed E-state index contributed by atoms with van der Waals surface area (Å²) in [5.41, 5.74) is 7.36. The molecule has 0 aliphatic rings. The lowest BCUT2D eigenvalue weighted by Crippen LogP contribution is -2.36. The Morgan fingerprint density at radius 3 is 1.32 bits per heavy atom.